The molecule has 136 valence electrons. The number of esters is 1. The lowest BCUT2D eigenvalue weighted by atomic mass is 10.1. The number of carbonyl (C=O) groups excluding carboxylic acids is 2. The van der Waals surface area contributed by atoms with Gasteiger partial charge in [-0.25, -0.2) is 9.78 Å². The summed E-state index contributed by atoms with van der Waals surface area (Å²) in [5.74, 6) is -0.822. The normalized spacial score (nSPS) is 10.3. The second kappa shape index (κ2) is 8.76. The van der Waals surface area contributed by atoms with Gasteiger partial charge in [0.1, 0.15) is 11.4 Å². The van der Waals surface area contributed by atoms with Crippen molar-refractivity contribution >= 4 is 17.6 Å². The minimum absolute atomic E-state index is 0.121. The van der Waals surface area contributed by atoms with Crippen molar-refractivity contribution in [1.29, 1.82) is 0 Å². The number of pyridine rings is 1. The molecular formula is C22H20N2O3. The molecule has 0 saturated heterocycles. The van der Waals surface area contributed by atoms with Gasteiger partial charge in [0.2, 0.25) is 0 Å². The van der Waals surface area contributed by atoms with Crippen molar-refractivity contribution in [1.82, 2.24) is 4.98 Å². The number of hydrogen-bond donors (Lipinski definition) is 0. The van der Waals surface area contributed by atoms with Crippen molar-refractivity contribution in [2.24, 2.45) is 0 Å². The highest BCUT2D eigenvalue weighted by Gasteiger charge is 2.21. The monoisotopic (exact) mass is 360 g/mol. The Balaban J connectivity index is 1.93. The average molecular weight is 360 g/mol. The van der Waals surface area contributed by atoms with Crippen molar-refractivity contribution in [3.05, 3.63) is 95.8 Å². The molecule has 0 bridgehead atoms. The molecule has 1 aromatic heterocycles. The Bertz CT molecular complexity index is 911. The van der Waals surface area contributed by atoms with Crippen LogP contribution in [0.2, 0.25) is 0 Å². The molecule has 3 aromatic rings. The maximum Gasteiger partial charge on any atom is 0.356 e. The minimum atomic E-state index is -0.540. The quantitative estimate of drug-likeness (QED) is 0.621. The molecule has 1 heterocycles. The second-order valence-corrected chi connectivity index (χ2v) is 5.84. The molecule has 5 nitrogen and oxygen atoms in total. The van der Waals surface area contributed by atoms with Crippen LogP contribution in [-0.2, 0) is 11.3 Å². The Morgan fingerprint density at radius 2 is 1.48 bits per heavy atom. The Morgan fingerprint density at radius 3 is 2.15 bits per heavy atom. The molecule has 5 heteroatoms. The summed E-state index contributed by atoms with van der Waals surface area (Å²) >= 11 is 0. The summed E-state index contributed by atoms with van der Waals surface area (Å²) in [4.78, 5) is 31.0. The van der Waals surface area contributed by atoms with Gasteiger partial charge in [0.15, 0.2) is 0 Å². The number of hydrogen-bond acceptors (Lipinski definition) is 4. The summed E-state index contributed by atoms with van der Waals surface area (Å²) in [5.41, 5.74) is 2.07. The molecule has 0 aliphatic heterocycles. The minimum Gasteiger partial charge on any atom is -0.461 e. The van der Waals surface area contributed by atoms with Gasteiger partial charge in [0.25, 0.3) is 5.91 Å². The van der Waals surface area contributed by atoms with Crippen LogP contribution in [0.3, 0.4) is 0 Å². The largest absolute Gasteiger partial charge is 0.461 e. The van der Waals surface area contributed by atoms with Crippen LogP contribution in [0, 0.1) is 0 Å². The van der Waals surface area contributed by atoms with Crippen LogP contribution in [0.4, 0.5) is 5.69 Å². The summed E-state index contributed by atoms with van der Waals surface area (Å²) < 4.78 is 4.98. The zero-order valence-corrected chi connectivity index (χ0v) is 15.0. The van der Waals surface area contributed by atoms with Gasteiger partial charge >= 0.3 is 5.97 Å². The van der Waals surface area contributed by atoms with Gasteiger partial charge in [-0.3, -0.25) is 4.79 Å². The number of carbonyl (C=O) groups is 2. The zero-order valence-electron chi connectivity index (χ0n) is 15.0. The number of anilines is 1. The first-order valence-electron chi connectivity index (χ1n) is 8.74. The third-order valence-corrected chi connectivity index (χ3v) is 3.95. The van der Waals surface area contributed by atoms with Gasteiger partial charge in [-0.2, -0.15) is 0 Å². The van der Waals surface area contributed by atoms with E-state index in [2.05, 4.69) is 4.98 Å². The summed E-state index contributed by atoms with van der Waals surface area (Å²) in [5, 5.41) is 0. The first-order valence-corrected chi connectivity index (χ1v) is 8.74. The SMILES string of the molecule is CCOC(=O)c1cccc(C(=O)N(Cc2ccccc2)c2ccccc2)n1. The summed E-state index contributed by atoms with van der Waals surface area (Å²) in [6, 6.07) is 23.9. The summed E-state index contributed by atoms with van der Waals surface area (Å²) in [6.45, 7) is 2.38. The van der Waals surface area contributed by atoms with E-state index in [0.717, 1.165) is 11.3 Å². The van der Waals surface area contributed by atoms with Crippen molar-refractivity contribution in [2.45, 2.75) is 13.5 Å². The standard InChI is InChI=1S/C22H20N2O3/c1-2-27-22(26)20-15-9-14-19(23-20)21(25)24(18-12-7-4-8-13-18)16-17-10-5-3-6-11-17/h3-15H,2,16H2,1H3. The predicted molar refractivity (Wildman–Crippen MR) is 104 cm³/mol. The Labute approximate surface area is 158 Å². The first-order chi connectivity index (χ1) is 13.2. The third-order valence-electron chi connectivity index (χ3n) is 3.95. The lowest BCUT2D eigenvalue weighted by Gasteiger charge is -2.23. The van der Waals surface area contributed by atoms with Crippen LogP contribution in [0.25, 0.3) is 0 Å². The topological polar surface area (TPSA) is 59.5 Å². The highest BCUT2D eigenvalue weighted by atomic mass is 16.5. The van der Waals surface area contributed by atoms with E-state index in [-0.39, 0.29) is 23.9 Å². The highest BCUT2D eigenvalue weighted by molar-refractivity contribution is 6.05. The fourth-order valence-electron chi connectivity index (χ4n) is 2.67. The van der Waals surface area contributed by atoms with Gasteiger partial charge in [-0.1, -0.05) is 54.6 Å². The molecular weight excluding hydrogens is 340 g/mol. The van der Waals surface area contributed by atoms with Crippen LogP contribution in [0.15, 0.2) is 78.9 Å². The lowest BCUT2D eigenvalue weighted by Crippen LogP contribution is -2.31. The Hall–Kier alpha value is -3.47. The molecule has 0 unspecified atom stereocenters. The van der Waals surface area contributed by atoms with E-state index in [1.165, 1.54) is 0 Å². The van der Waals surface area contributed by atoms with Crippen LogP contribution >= 0.6 is 0 Å². The van der Waals surface area contributed by atoms with Gasteiger partial charge in [0, 0.05) is 5.69 Å². The number of nitrogens with zero attached hydrogens (tertiary/aromatic N) is 2. The number of para-hydroxylation sites is 1. The summed E-state index contributed by atoms with van der Waals surface area (Å²) in [6.07, 6.45) is 0. The van der Waals surface area contributed by atoms with Crippen molar-refractivity contribution in [3.63, 3.8) is 0 Å². The van der Waals surface area contributed by atoms with Crippen LogP contribution in [0.1, 0.15) is 33.5 Å². The maximum atomic E-state index is 13.2. The van der Waals surface area contributed by atoms with Gasteiger partial charge in [-0.15, -0.1) is 0 Å². The maximum absolute atomic E-state index is 13.2. The van der Waals surface area contributed by atoms with Crippen molar-refractivity contribution < 1.29 is 14.3 Å². The Kier molecular flexibility index (Phi) is 5.94. The molecule has 0 saturated carbocycles. The van der Waals surface area contributed by atoms with E-state index in [1.807, 2.05) is 60.7 Å². The van der Waals surface area contributed by atoms with Crippen LogP contribution in [0.5, 0.6) is 0 Å². The fraction of sp³-hybridized carbons (Fsp3) is 0.136. The first kappa shape index (κ1) is 18.3. The molecule has 0 radical (unpaired) electrons. The molecule has 27 heavy (non-hydrogen) atoms. The zero-order chi connectivity index (χ0) is 19.1. The number of rotatable bonds is 6. The van der Waals surface area contributed by atoms with Gasteiger partial charge in [0.05, 0.1) is 13.2 Å². The summed E-state index contributed by atoms with van der Waals surface area (Å²) in [7, 11) is 0. The van der Waals surface area contributed by atoms with E-state index >= 15 is 0 Å². The van der Waals surface area contributed by atoms with Crippen LogP contribution in [-0.4, -0.2) is 23.5 Å². The highest BCUT2D eigenvalue weighted by Crippen LogP contribution is 2.19. The van der Waals surface area contributed by atoms with Gasteiger partial charge < -0.3 is 9.64 Å². The molecule has 0 aliphatic carbocycles. The average Bonchev–Trinajstić information content (AvgIpc) is 2.73. The molecule has 0 fully saturated rings. The molecule has 1 amide bonds. The van der Waals surface area contributed by atoms with E-state index < -0.39 is 5.97 Å². The number of aromatic nitrogens is 1. The van der Waals surface area contributed by atoms with Crippen molar-refractivity contribution in [2.75, 3.05) is 11.5 Å². The fourth-order valence-corrected chi connectivity index (χ4v) is 2.67. The molecule has 0 aliphatic rings. The van der Waals surface area contributed by atoms with Gasteiger partial charge in [-0.05, 0) is 36.8 Å². The lowest BCUT2D eigenvalue weighted by molar-refractivity contribution is 0.0519. The molecule has 0 atom stereocenters. The number of amides is 1. The molecule has 0 spiro atoms. The smallest absolute Gasteiger partial charge is 0.356 e. The molecule has 2 aromatic carbocycles. The number of benzene rings is 2. The molecule has 3 rings (SSSR count). The van der Waals surface area contributed by atoms with E-state index in [9.17, 15) is 9.59 Å². The van der Waals surface area contributed by atoms with E-state index in [1.54, 1.807) is 30.0 Å². The Morgan fingerprint density at radius 1 is 0.852 bits per heavy atom. The van der Waals surface area contributed by atoms with Crippen LogP contribution < -0.4 is 4.90 Å². The third kappa shape index (κ3) is 4.58. The van der Waals surface area contributed by atoms with Crippen molar-refractivity contribution in [3.8, 4) is 0 Å². The predicted octanol–water partition coefficient (Wildman–Crippen LogP) is 4.11. The second-order valence-electron chi connectivity index (χ2n) is 5.84. The number of ether oxygens (including phenoxy) is 1. The van der Waals surface area contributed by atoms with E-state index in [4.69, 9.17) is 4.74 Å². The van der Waals surface area contributed by atoms with E-state index in [0.29, 0.717) is 6.54 Å². The molecule has 0 N–H and O–H groups in total.